The van der Waals surface area contributed by atoms with Gasteiger partial charge in [0.15, 0.2) is 5.82 Å². The van der Waals surface area contributed by atoms with Crippen molar-refractivity contribution < 1.29 is 0 Å². The van der Waals surface area contributed by atoms with Crippen molar-refractivity contribution in [1.29, 1.82) is 0 Å². The highest BCUT2D eigenvalue weighted by Gasteiger charge is 2.26. The van der Waals surface area contributed by atoms with Gasteiger partial charge in [0, 0.05) is 44.5 Å². The zero-order valence-corrected chi connectivity index (χ0v) is 15.3. The molecule has 0 amide bonds. The molecule has 0 aromatic carbocycles. The lowest BCUT2D eigenvalue weighted by molar-refractivity contribution is 0.567. The third-order valence-corrected chi connectivity index (χ3v) is 5.03. The number of hydrogen-bond acceptors (Lipinski definition) is 5. The quantitative estimate of drug-likeness (QED) is 0.869. The summed E-state index contributed by atoms with van der Waals surface area (Å²) in [6.45, 7) is 6.98. The van der Waals surface area contributed by atoms with E-state index in [-0.39, 0.29) is 0 Å². The SMILES string of the molecule is CC(C)c1nn(C)c(Cl)c1CNC[C@@H]1CCCN1c1cccnn1. The van der Waals surface area contributed by atoms with Gasteiger partial charge in [-0.15, -0.1) is 5.10 Å². The monoisotopic (exact) mass is 348 g/mol. The molecule has 0 aliphatic carbocycles. The molecule has 1 aliphatic heterocycles. The fraction of sp³-hybridized carbons (Fsp3) is 0.588. The van der Waals surface area contributed by atoms with Crippen molar-refractivity contribution in [2.45, 2.75) is 45.2 Å². The van der Waals surface area contributed by atoms with E-state index in [4.69, 9.17) is 11.6 Å². The van der Waals surface area contributed by atoms with Gasteiger partial charge in [-0.3, -0.25) is 4.68 Å². The van der Waals surface area contributed by atoms with Crippen LogP contribution in [0.25, 0.3) is 0 Å². The van der Waals surface area contributed by atoms with Crippen molar-refractivity contribution in [2.24, 2.45) is 7.05 Å². The first-order chi connectivity index (χ1) is 11.6. The average molecular weight is 349 g/mol. The van der Waals surface area contributed by atoms with Crippen LogP contribution in [0.5, 0.6) is 0 Å². The second kappa shape index (κ2) is 7.49. The number of halogens is 1. The van der Waals surface area contributed by atoms with Gasteiger partial charge in [0.1, 0.15) is 5.15 Å². The number of aromatic nitrogens is 4. The van der Waals surface area contributed by atoms with Gasteiger partial charge in [-0.05, 0) is 30.9 Å². The Hall–Kier alpha value is -1.66. The van der Waals surface area contributed by atoms with E-state index in [2.05, 4.69) is 39.4 Å². The Bertz CT molecular complexity index is 669. The van der Waals surface area contributed by atoms with Gasteiger partial charge < -0.3 is 10.2 Å². The van der Waals surface area contributed by atoms with Crippen LogP contribution in [-0.4, -0.2) is 39.1 Å². The highest BCUT2D eigenvalue weighted by Crippen LogP contribution is 2.26. The van der Waals surface area contributed by atoms with Crippen LogP contribution in [0.1, 0.15) is 43.9 Å². The summed E-state index contributed by atoms with van der Waals surface area (Å²) in [5.74, 6) is 1.33. The molecule has 0 saturated carbocycles. The first-order valence-corrected chi connectivity index (χ1v) is 8.92. The number of hydrogen-bond donors (Lipinski definition) is 1. The Balaban J connectivity index is 1.62. The molecule has 1 N–H and O–H groups in total. The summed E-state index contributed by atoms with van der Waals surface area (Å²) in [6.07, 6.45) is 4.07. The minimum Gasteiger partial charge on any atom is -0.351 e. The first-order valence-electron chi connectivity index (χ1n) is 8.54. The van der Waals surface area contributed by atoms with E-state index in [1.54, 1.807) is 10.9 Å². The van der Waals surface area contributed by atoms with Crippen LogP contribution >= 0.6 is 11.6 Å². The molecule has 130 valence electrons. The van der Waals surface area contributed by atoms with E-state index in [1.165, 1.54) is 12.8 Å². The van der Waals surface area contributed by atoms with Gasteiger partial charge >= 0.3 is 0 Å². The molecule has 24 heavy (non-hydrogen) atoms. The molecule has 2 aromatic heterocycles. The summed E-state index contributed by atoms with van der Waals surface area (Å²) >= 11 is 6.41. The van der Waals surface area contributed by atoms with Crippen LogP contribution in [-0.2, 0) is 13.6 Å². The summed E-state index contributed by atoms with van der Waals surface area (Å²) < 4.78 is 1.76. The van der Waals surface area contributed by atoms with Gasteiger partial charge in [-0.25, -0.2) is 0 Å². The molecule has 1 saturated heterocycles. The Morgan fingerprint density at radius 3 is 2.96 bits per heavy atom. The molecule has 7 heteroatoms. The molecule has 3 rings (SSSR count). The fourth-order valence-electron chi connectivity index (χ4n) is 3.35. The second-order valence-corrected chi connectivity index (χ2v) is 6.99. The number of rotatable bonds is 6. The van der Waals surface area contributed by atoms with Crippen LogP contribution in [0.2, 0.25) is 5.15 Å². The van der Waals surface area contributed by atoms with E-state index in [0.29, 0.717) is 12.0 Å². The lowest BCUT2D eigenvalue weighted by atomic mass is 10.1. The smallest absolute Gasteiger partial charge is 0.151 e. The third kappa shape index (κ3) is 3.54. The van der Waals surface area contributed by atoms with Crippen LogP contribution in [0, 0.1) is 0 Å². The molecule has 0 radical (unpaired) electrons. The van der Waals surface area contributed by atoms with Crippen LogP contribution in [0.15, 0.2) is 18.3 Å². The van der Waals surface area contributed by atoms with E-state index < -0.39 is 0 Å². The van der Waals surface area contributed by atoms with Crippen molar-refractivity contribution in [2.75, 3.05) is 18.0 Å². The van der Waals surface area contributed by atoms with Crippen molar-refractivity contribution in [3.63, 3.8) is 0 Å². The molecular formula is C17H25ClN6. The summed E-state index contributed by atoms with van der Waals surface area (Å²) in [5.41, 5.74) is 2.19. The van der Waals surface area contributed by atoms with Crippen LogP contribution in [0.3, 0.4) is 0 Å². The Morgan fingerprint density at radius 1 is 1.42 bits per heavy atom. The van der Waals surface area contributed by atoms with Crippen LogP contribution in [0.4, 0.5) is 5.82 Å². The highest BCUT2D eigenvalue weighted by atomic mass is 35.5. The molecule has 1 atom stereocenters. The lowest BCUT2D eigenvalue weighted by Gasteiger charge is -2.25. The van der Waals surface area contributed by atoms with Gasteiger partial charge in [-0.1, -0.05) is 25.4 Å². The van der Waals surface area contributed by atoms with Crippen molar-refractivity contribution in [1.82, 2.24) is 25.3 Å². The van der Waals surface area contributed by atoms with E-state index in [1.807, 2.05) is 19.2 Å². The minimum absolute atomic E-state index is 0.364. The molecule has 3 heterocycles. The minimum atomic E-state index is 0.364. The highest BCUT2D eigenvalue weighted by molar-refractivity contribution is 6.30. The molecular weight excluding hydrogens is 324 g/mol. The van der Waals surface area contributed by atoms with Crippen molar-refractivity contribution >= 4 is 17.4 Å². The molecule has 0 unspecified atom stereocenters. The number of nitrogens with zero attached hydrogens (tertiary/aromatic N) is 5. The van der Waals surface area contributed by atoms with Gasteiger partial charge in [0.05, 0.1) is 5.69 Å². The zero-order valence-electron chi connectivity index (χ0n) is 14.5. The standard InChI is InChI=1S/C17H25ClN6/c1-12(2)16-14(17(18)23(3)22-16)11-19-10-13-6-5-9-24(13)15-7-4-8-20-21-15/h4,7-8,12-13,19H,5-6,9-11H2,1-3H3/t13-/m0/s1. The first kappa shape index (κ1) is 17.2. The van der Waals surface area contributed by atoms with E-state index in [0.717, 1.165) is 41.9 Å². The maximum atomic E-state index is 6.41. The molecule has 0 spiro atoms. The summed E-state index contributed by atoms with van der Waals surface area (Å²) in [5, 5.41) is 17.1. The molecule has 0 bridgehead atoms. The van der Waals surface area contributed by atoms with Gasteiger partial charge in [-0.2, -0.15) is 10.2 Å². The maximum Gasteiger partial charge on any atom is 0.151 e. The Labute approximate surface area is 148 Å². The van der Waals surface area contributed by atoms with Gasteiger partial charge in [0.25, 0.3) is 0 Å². The normalized spacial score (nSPS) is 17.9. The molecule has 6 nitrogen and oxygen atoms in total. The summed E-state index contributed by atoms with van der Waals surface area (Å²) in [6, 6.07) is 4.41. The van der Waals surface area contributed by atoms with Crippen molar-refractivity contribution in [3.8, 4) is 0 Å². The second-order valence-electron chi connectivity index (χ2n) is 6.64. The van der Waals surface area contributed by atoms with E-state index in [9.17, 15) is 0 Å². The number of anilines is 1. The lowest BCUT2D eigenvalue weighted by Crippen LogP contribution is -2.38. The topological polar surface area (TPSA) is 58.9 Å². The van der Waals surface area contributed by atoms with E-state index >= 15 is 0 Å². The maximum absolute atomic E-state index is 6.41. The third-order valence-electron chi connectivity index (χ3n) is 4.56. The van der Waals surface area contributed by atoms with Crippen LogP contribution < -0.4 is 10.2 Å². The predicted molar refractivity (Wildman–Crippen MR) is 96.4 cm³/mol. The summed E-state index contributed by atoms with van der Waals surface area (Å²) in [4.78, 5) is 2.34. The number of aryl methyl sites for hydroxylation is 1. The molecule has 1 aliphatic rings. The summed E-state index contributed by atoms with van der Waals surface area (Å²) in [7, 11) is 1.89. The zero-order chi connectivity index (χ0) is 17.1. The molecule has 1 fully saturated rings. The molecule has 2 aromatic rings. The van der Waals surface area contributed by atoms with Gasteiger partial charge in [0.2, 0.25) is 0 Å². The largest absolute Gasteiger partial charge is 0.351 e. The average Bonchev–Trinajstić information content (AvgIpc) is 3.15. The Morgan fingerprint density at radius 2 is 2.25 bits per heavy atom. The predicted octanol–water partition coefficient (Wildman–Crippen LogP) is 2.75. The number of nitrogens with one attached hydrogen (secondary N) is 1. The van der Waals surface area contributed by atoms with Crippen molar-refractivity contribution in [3.05, 3.63) is 34.7 Å². The fourth-order valence-corrected chi connectivity index (χ4v) is 3.56. The Kier molecular flexibility index (Phi) is 5.36.